The lowest BCUT2D eigenvalue weighted by molar-refractivity contribution is -0.189. The van der Waals surface area contributed by atoms with Crippen molar-refractivity contribution in [2.24, 2.45) is 0 Å². The van der Waals surface area contributed by atoms with Crippen molar-refractivity contribution in [2.75, 3.05) is 6.54 Å². The van der Waals surface area contributed by atoms with Gasteiger partial charge in [-0.3, -0.25) is 9.69 Å². The number of hydrogen-bond donors (Lipinski definition) is 1. The van der Waals surface area contributed by atoms with E-state index in [0.29, 0.717) is 12.8 Å². The van der Waals surface area contributed by atoms with E-state index in [1.165, 1.54) is 0 Å². The Morgan fingerprint density at radius 2 is 1.89 bits per heavy atom. The van der Waals surface area contributed by atoms with Gasteiger partial charge in [0.1, 0.15) is 22.9 Å². The first-order valence-electron chi connectivity index (χ1n) is 11.4. The number of alkyl halides is 3. The maximum Gasteiger partial charge on any atom is 0.425 e. The Balaban J connectivity index is 1.87. The topological polar surface area (TPSA) is 126 Å². The number of nitrogens with zero attached hydrogens (tertiary/aromatic N) is 2. The summed E-state index contributed by atoms with van der Waals surface area (Å²) in [5.41, 5.74) is -1.97. The number of amides is 2. The third-order valence-electron chi connectivity index (χ3n) is 5.94. The number of nitrogens with one attached hydrogen (secondary N) is 1. The summed E-state index contributed by atoms with van der Waals surface area (Å²) in [6.07, 6.45) is -7.10. The minimum Gasteiger partial charge on any atom is -0.481 e. The summed E-state index contributed by atoms with van der Waals surface area (Å²) in [6.45, 7) is 5.24. The third kappa shape index (κ3) is 6.59. The van der Waals surface area contributed by atoms with Crippen molar-refractivity contribution >= 4 is 33.4 Å². The molecular formula is C23H27ClF3N3O6S. The highest BCUT2D eigenvalue weighted by molar-refractivity contribution is 7.92. The first kappa shape index (κ1) is 28.8. The van der Waals surface area contributed by atoms with Crippen LogP contribution in [0.3, 0.4) is 0 Å². The number of sulfone groups is 1. The predicted molar refractivity (Wildman–Crippen MR) is 126 cm³/mol. The Kier molecular flexibility index (Phi) is 7.69. The zero-order valence-corrected chi connectivity index (χ0v) is 22.1. The van der Waals surface area contributed by atoms with E-state index in [4.69, 9.17) is 21.1 Å². The average Bonchev–Trinajstić information content (AvgIpc) is 3.36. The summed E-state index contributed by atoms with van der Waals surface area (Å²) in [6, 6.07) is 3.82. The van der Waals surface area contributed by atoms with Gasteiger partial charge in [-0.1, -0.05) is 11.6 Å². The molecular weight excluding hydrogens is 539 g/mol. The average molecular weight is 566 g/mol. The van der Waals surface area contributed by atoms with Gasteiger partial charge in [0.2, 0.25) is 5.91 Å². The Bertz CT molecular complexity index is 1220. The Labute approximate surface area is 217 Å². The minimum absolute atomic E-state index is 0.279. The summed E-state index contributed by atoms with van der Waals surface area (Å²) < 4.78 is 75.5. The van der Waals surface area contributed by atoms with Gasteiger partial charge in [-0.2, -0.15) is 18.4 Å². The van der Waals surface area contributed by atoms with E-state index in [1.807, 2.05) is 6.07 Å². The van der Waals surface area contributed by atoms with Gasteiger partial charge in [0, 0.05) is 12.6 Å². The molecule has 204 valence electrons. The van der Waals surface area contributed by atoms with Crippen LogP contribution in [-0.2, 0) is 19.4 Å². The van der Waals surface area contributed by atoms with Gasteiger partial charge in [0.05, 0.1) is 21.2 Å². The highest BCUT2D eigenvalue weighted by atomic mass is 35.5. The molecule has 1 aliphatic carbocycles. The summed E-state index contributed by atoms with van der Waals surface area (Å²) in [7, 11) is -4.26. The molecule has 3 rings (SSSR count). The molecule has 9 nitrogen and oxygen atoms in total. The molecule has 1 aromatic carbocycles. The molecule has 2 amide bonds. The molecule has 1 saturated carbocycles. The van der Waals surface area contributed by atoms with E-state index >= 15 is 0 Å². The minimum atomic E-state index is -4.63. The van der Waals surface area contributed by atoms with Gasteiger partial charge in [-0.25, -0.2) is 13.2 Å². The second-order valence-electron chi connectivity index (χ2n) is 10.1. The molecule has 0 bridgehead atoms. The number of likely N-dealkylation sites (tertiary alicyclic amines) is 1. The van der Waals surface area contributed by atoms with Crippen molar-refractivity contribution in [3.63, 3.8) is 0 Å². The van der Waals surface area contributed by atoms with Crippen LogP contribution in [0.5, 0.6) is 5.75 Å². The quantitative estimate of drug-likeness (QED) is 0.552. The van der Waals surface area contributed by atoms with Crippen molar-refractivity contribution in [2.45, 2.75) is 86.6 Å². The van der Waals surface area contributed by atoms with Crippen molar-refractivity contribution in [1.82, 2.24) is 10.2 Å². The van der Waals surface area contributed by atoms with E-state index in [-0.39, 0.29) is 22.1 Å². The number of ether oxygens (including phenoxy) is 2. The number of carbonyl (C=O) groups is 2. The number of carbonyl (C=O) groups excluding carboxylic acids is 2. The number of benzene rings is 1. The van der Waals surface area contributed by atoms with Gasteiger partial charge >= 0.3 is 12.3 Å². The monoisotopic (exact) mass is 565 g/mol. The van der Waals surface area contributed by atoms with Crippen LogP contribution in [0, 0.1) is 11.3 Å². The second-order valence-corrected chi connectivity index (χ2v) is 12.7. The number of nitriles is 1. The van der Waals surface area contributed by atoms with Crippen LogP contribution in [0.1, 0.15) is 47.0 Å². The van der Waals surface area contributed by atoms with Crippen LogP contribution in [-0.4, -0.2) is 66.6 Å². The van der Waals surface area contributed by atoms with Crippen molar-refractivity contribution in [3.8, 4) is 11.8 Å². The van der Waals surface area contributed by atoms with Crippen molar-refractivity contribution in [1.29, 1.82) is 5.26 Å². The Morgan fingerprint density at radius 1 is 1.27 bits per heavy atom. The van der Waals surface area contributed by atoms with Crippen LogP contribution in [0.25, 0.3) is 0 Å². The molecule has 0 aromatic heterocycles. The Morgan fingerprint density at radius 3 is 2.38 bits per heavy atom. The highest BCUT2D eigenvalue weighted by Crippen LogP contribution is 2.37. The summed E-state index contributed by atoms with van der Waals surface area (Å²) in [5.74, 6) is -0.961. The number of halogens is 4. The maximum absolute atomic E-state index is 13.5. The van der Waals surface area contributed by atoms with Gasteiger partial charge in [-0.05, 0) is 59.1 Å². The molecule has 1 saturated heterocycles. The lowest BCUT2D eigenvalue weighted by Gasteiger charge is -2.28. The van der Waals surface area contributed by atoms with E-state index in [9.17, 15) is 36.4 Å². The summed E-state index contributed by atoms with van der Waals surface area (Å²) >= 11 is 6.13. The zero-order chi connectivity index (χ0) is 28.0. The molecule has 37 heavy (non-hydrogen) atoms. The van der Waals surface area contributed by atoms with Gasteiger partial charge < -0.3 is 14.8 Å². The summed E-state index contributed by atoms with van der Waals surface area (Å²) in [5, 5.41) is 10.3. The van der Waals surface area contributed by atoms with E-state index in [2.05, 4.69) is 5.32 Å². The zero-order valence-electron chi connectivity index (χ0n) is 20.6. The Hall–Kier alpha value is -2.72. The highest BCUT2D eigenvalue weighted by Gasteiger charge is 2.51. The molecule has 2 aliphatic rings. The fourth-order valence-electron chi connectivity index (χ4n) is 3.74. The van der Waals surface area contributed by atoms with Crippen molar-refractivity contribution in [3.05, 3.63) is 23.2 Å². The largest absolute Gasteiger partial charge is 0.481 e. The van der Waals surface area contributed by atoms with Crippen molar-refractivity contribution < 1.29 is 40.7 Å². The van der Waals surface area contributed by atoms with Crippen LogP contribution in [0.2, 0.25) is 5.02 Å². The second kappa shape index (κ2) is 9.87. The first-order chi connectivity index (χ1) is 16.9. The molecule has 0 radical (unpaired) electrons. The molecule has 1 aliphatic heterocycles. The molecule has 0 spiro atoms. The van der Waals surface area contributed by atoms with E-state index < -0.39 is 63.1 Å². The van der Waals surface area contributed by atoms with Crippen LogP contribution in [0.15, 0.2) is 23.1 Å². The van der Waals surface area contributed by atoms with Gasteiger partial charge in [-0.15, -0.1) is 0 Å². The predicted octanol–water partition coefficient (Wildman–Crippen LogP) is 3.99. The normalized spacial score (nSPS) is 22.1. The molecule has 1 aromatic rings. The first-order valence-corrected chi connectivity index (χ1v) is 13.3. The summed E-state index contributed by atoms with van der Waals surface area (Å²) in [4.78, 5) is 26.5. The number of hydrogen-bond acceptors (Lipinski definition) is 7. The maximum atomic E-state index is 13.5. The van der Waals surface area contributed by atoms with Crippen LogP contribution in [0.4, 0.5) is 18.0 Å². The number of rotatable bonds is 6. The van der Waals surface area contributed by atoms with Gasteiger partial charge in [0.25, 0.3) is 0 Å². The van der Waals surface area contributed by atoms with Crippen LogP contribution < -0.4 is 10.1 Å². The standard InChI is InChI=1S/C23H27ClF3N3O6S/c1-13(23(25,26)27)35-14-5-6-18(16(24)9-14)37(33,34)15-10-17(19(31)29-22(12-28)7-8-22)30(11-15)20(32)36-21(2,3)4/h5-6,9,13,15,17H,7-8,10-11H2,1-4H3,(H,29,31). The molecule has 1 heterocycles. The SMILES string of the molecule is CC(Oc1ccc(S(=O)(=O)C2CC(C(=O)NC3(C#N)CC3)N(C(=O)OC(C)(C)C)C2)c(Cl)c1)C(F)(F)F. The fraction of sp³-hybridized carbons (Fsp3) is 0.609. The molecule has 3 unspecified atom stereocenters. The molecule has 1 N–H and O–H groups in total. The fourth-order valence-corrected chi connectivity index (χ4v) is 5.97. The molecule has 3 atom stereocenters. The smallest absolute Gasteiger partial charge is 0.425 e. The van der Waals surface area contributed by atoms with E-state index in [1.54, 1.807) is 20.8 Å². The third-order valence-corrected chi connectivity index (χ3v) is 8.56. The molecule has 2 fully saturated rings. The van der Waals surface area contributed by atoms with Crippen LogP contribution >= 0.6 is 11.6 Å². The van der Waals surface area contributed by atoms with Gasteiger partial charge in [0.15, 0.2) is 15.9 Å². The molecule has 14 heteroatoms. The lowest BCUT2D eigenvalue weighted by Crippen LogP contribution is -2.50. The lowest BCUT2D eigenvalue weighted by atomic mass is 10.2. The van der Waals surface area contributed by atoms with E-state index in [0.717, 1.165) is 30.0 Å².